The van der Waals surface area contributed by atoms with E-state index in [0.29, 0.717) is 48.5 Å². The average Bonchev–Trinajstić information content (AvgIpc) is 2.74. The zero-order valence-electron chi connectivity index (χ0n) is 20.0. The van der Waals surface area contributed by atoms with Crippen molar-refractivity contribution in [2.75, 3.05) is 26.2 Å². The molecular formula is C25H37ClN2O4. The molecule has 7 heteroatoms. The van der Waals surface area contributed by atoms with E-state index in [-0.39, 0.29) is 12.0 Å². The van der Waals surface area contributed by atoms with Crippen LogP contribution in [0.1, 0.15) is 60.3 Å². The van der Waals surface area contributed by atoms with E-state index in [1.54, 1.807) is 29.2 Å². The van der Waals surface area contributed by atoms with E-state index in [0.717, 1.165) is 25.9 Å². The van der Waals surface area contributed by atoms with Crippen LogP contribution in [0.4, 0.5) is 4.79 Å². The molecule has 0 atom stereocenters. The van der Waals surface area contributed by atoms with E-state index in [1.807, 2.05) is 25.7 Å². The van der Waals surface area contributed by atoms with E-state index in [1.165, 1.54) is 0 Å². The number of carbonyl (C=O) groups is 2. The number of halogens is 1. The SMILES string of the molecule is CC(C)C1CCN(C(=O)C2(Oc3ccc(Cl)cc3)CCN(C(=O)OC(C)(C)C)CC2)CC1. The van der Waals surface area contributed by atoms with E-state index >= 15 is 0 Å². The smallest absolute Gasteiger partial charge is 0.410 e. The van der Waals surface area contributed by atoms with Gasteiger partial charge in [0.15, 0.2) is 5.60 Å². The number of rotatable bonds is 4. The number of ether oxygens (including phenoxy) is 2. The van der Waals surface area contributed by atoms with Gasteiger partial charge in [-0.1, -0.05) is 25.4 Å². The Labute approximate surface area is 197 Å². The maximum absolute atomic E-state index is 13.8. The van der Waals surface area contributed by atoms with Crippen LogP contribution in [0, 0.1) is 11.8 Å². The summed E-state index contributed by atoms with van der Waals surface area (Å²) in [4.78, 5) is 29.9. The van der Waals surface area contributed by atoms with Crippen molar-refractivity contribution in [3.63, 3.8) is 0 Å². The summed E-state index contributed by atoms with van der Waals surface area (Å²) < 4.78 is 11.9. The number of piperidine rings is 2. The molecule has 2 aliphatic heterocycles. The molecule has 0 saturated carbocycles. The highest BCUT2D eigenvalue weighted by atomic mass is 35.5. The van der Waals surface area contributed by atoms with Gasteiger partial charge in [-0.05, 0) is 69.7 Å². The van der Waals surface area contributed by atoms with Gasteiger partial charge in [0.05, 0.1) is 0 Å². The second-order valence-corrected chi connectivity index (χ2v) is 10.8. The number of nitrogens with zero attached hydrogens (tertiary/aromatic N) is 2. The summed E-state index contributed by atoms with van der Waals surface area (Å²) in [5, 5.41) is 0.619. The molecule has 32 heavy (non-hydrogen) atoms. The van der Waals surface area contributed by atoms with Crippen LogP contribution in [0.15, 0.2) is 24.3 Å². The summed E-state index contributed by atoms with van der Waals surface area (Å²) in [6, 6.07) is 7.11. The van der Waals surface area contributed by atoms with Gasteiger partial charge >= 0.3 is 6.09 Å². The summed E-state index contributed by atoms with van der Waals surface area (Å²) in [6.45, 7) is 12.4. The van der Waals surface area contributed by atoms with Crippen molar-refractivity contribution in [2.24, 2.45) is 11.8 Å². The third-order valence-electron chi connectivity index (χ3n) is 6.51. The van der Waals surface area contributed by atoms with Gasteiger partial charge in [-0.3, -0.25) is 4.79 Å². The molecule has 0 aliphatic carbocycles. The normalized spacial score (nSPS) is 19.7. The molecule has 2 saturated heterocycles. The first-order valence-electron chi connectivity index (χ1n) is 11.7. The van der Waals surface area contributed by atoms with Crippen LogP contribution < -0.4 is 4.74 Å². The maximum Gasteiger partial charge on any atom is 0.410 e. The van der Waals surface area contributed by atoms with Crippen molar-refractivity contribution in [1.82, 2.24) is 9.80 Å². The molecule has 0 aromatic heterocycles. The predicted molar refractivity (Wildman–Crippen MR) is 126 cm³/mol. The Morgan fingerprint density at radius 3 is 2.06 bits per heavy atom. The molecule has 0 spiro atoms. The second-order valence-electron chi connectivity index (χ2n) is 10.4. The Kier molecular flexibility index (Phi) is 7.64. The van der Waals surface area contributed by atoms with Crippen LogP contribution in [0.3, 0.4) is 0 Å². The fraction of sp³-hybridized carbons (Fsp3) is 0.680. The van der Waals surface area contributed by atoms with Crippen LogP contribution in [0.25, 0.3) is 0 Å². The van der Waals surface area contributed by atoms with Crippen LogP contribution in [0.5, 0.6) is 5.75 Å². The number of hydrogen-bond acceptors (Lipinski definition) is 4. The third-order valence-corrected chi connectivity index (χ3v) is 6.76. The lowest BCUT2D eigenvalue weighted by Crippen LogP contribution is -2.60. The summed E-state index contributed by atoms with van der Waals surface area (Å²) in [5.74, 6) is 1.92. The lowest BCUT2D eigenvalue weighted by Gasteiger charge is -2.44. The first kappa shape index (κ1) is 24.7. The van der Waals surface area contributed by atoms with Crippen LogP contribution in [-0.4, -0.2) is 59.2 Å². The fourth-order valence-corrected chi connectivity index (χ4v) is 4.65. The molecule has 2 aliphatic rings. The zero-order chi connectivity index (χ0) is 23.5. The van der Waals surface area contributed by atoms with Gasteiger partial charge in [-0.25, -0.2) is 4.79 Å². The Morgan fingerprint density at radius 1 is 1.00 bits per heavy atom. The first-order valence-corrected chi connectivity index (χ1v) is 12.1. The van der Waals surface area contributed by atoms with Crippen LogP contribution >= 0.6 is 11.6 Å². The quantitative estimate of drug-likeness (QED) is 0.600. The van der Waals surface area contributed by atoms with E-state index in [2.05, 4.69) is 13.8 Å². The molecule has 0 radical (unpaired) electrons. The lowest BCUT2D eigenvalue weighted by molar-refractivity contribution is -0.154. The third kappa shape index (κ3) is 6.09. The maximum atomic E-state index is 13.8. The van der Waals surface area contributed by atoms with Gasteiger partial charge in [-0.15, -0.1) is 0 Å². The Hall–Kier alpha value is -1.95. The van der Waals surface area contributed by atoms with Crippen molar-refractivity contribution >= 4 is 23.6 Å². The Morgan fingerprint density at radius 2 is 1.56 bits per heavy atom. The topological polar surface area (TPSA) is 59.1 Å². The van der Waals surface area contributed by atoms with Gasteiger partial charge in [-0.2, -0.15) is 0 Å². The molecule has 6 nitrogen and oxygen atoms in total. The fourth-order valence-electron chi connectivity index (χ4n) is 4.52. The van der Waals surface area contributed by atoms with Gasteiger partial charge < -0.3 is 19.3 Å². The summed E-state index contributed by atoms with van der Waals surface area (Å²) in [7, 11) is 0. The van der Waals surface area contributed by atoms with Crippen molar-refractivity contribution < 1.29 is 19.1 Å². The monoisotopic (exact) mass is 464 g/mol. The second kappa shape index (κ2) is 9.90. The molecule has 178 valence electrons. The highest BCUT2D eigenvalue weighted by Gasteiger charge is 2.48. The first-order chi connectivity index (χ1) is 15.0. The molecule has 1 aromatic carbocycles. The lowest BCUT2D eigenvalue weighted by atomic mass is 9.84. The van der Waals surface area contributed by atoms with E-state index in [9.17, 15) is 9.59 Å². The van der Waals surface area contributed by atoms with E-state index < -0.39 is 11.2 Å². The molecular weight excluding hydrogens is 428 g/mol. The average molecular weight is 465 g/mol. The standard InChI is InChI=1S/C25H37ClN2O4/c1-18(2)19-10-14-27(15-11-19)22(29)25(31-21-8-6-20(26)7-9-21)12-16-28(17-13-25)23(30)32-24(3,4)5/h6-9,18-19H,10-17H2,1-5H3. The minimum absolute atomic E-state index is 0.0264. The Balaban J connectivity index is 1.75. The molecule has 2 amide bonds. The van der Waals surface area contributed by atoms with Crippen molar-refractivity contribution in [1.29, 1.82) is 0 Å². The number of carbonyl (C=O) groups excluding carboxylic acids is 2. The minimum Gasteiger partial charge on any atom is -0.477 e. The summed E-state index contributed by atoms with van der Waals surface area (Å²) in [6.07, 6.45) is 2.55. The number of hydrogen-bond donors (Lipinski definition) is 0. The van der Waals surface area contributed by atoms with Gasteiger partial charge in [0.25, 0.3) is 5.91 Å². The highest BCUT2D eigenvalue weighted by Crippen LogP contribution is 2.34. The summed E-state index contributed by atoms with van der Waals surface area (Å²) in [5.41, 5.74) is -1.54. The molecule has 0 N–H and O–H groups in total. The minimum atomic E-state index is -0.989. The number of amides is 2. The van der Waals surface area contributed by atoms with Crippen LogP contribution in [0.2, 0.25) is 5.02 Å². The summed E-state index contributed by atoms with van der Waals surface area (Å²) >= 11 is 6.03. The van der Waals surface area contributed by atoms with Gasteiger partial charge in [0.1, 0.15) is 11.4 Å². The Bertz CT molecular complexity index is 787. The highest BCUT2D eigenvalue weighted by molar-refractivity contribution is 6.30. The predicted octanol–water partition coefficient (Wildman–Crippen LogP) is 5.38. The molecule has 0 unspecified atom stereocenters. The van der Waals surface area contributed by atoms with E-state index in [4.69, 9.17) is 21.1 Å². The molecule has 2 fully saturated rings. The molecule has 3 rings (SSSR count). The van der Waals surface area contributed by atoms with Crippen molar-refractivity contribution in [3.8, 4) is 5.75 Å². The molecule has 1 aromatic rings. The zero-order valence-corrected chi connectivity index (χ0v) is 20.8. The number of benzene rings is 1. The van der Waals surface area contributed by atoms with Crippen molar-refractivity contribution in [2.45, 2.75) is 71.5 Å². The van der Waals surface area contributed by atoms with Gasteiger partial charge in [0, 0.05) is 44.0 Å². The van der Waals surface area contributed by atoms with Crippen LogP contribution in [-0.2, 0) is 9.53 Å². The number of likely N-dealkylation sites (tertiary alicyclic amines) is 2. The van der Waals surface area contributed by atoms with Gasteiger partial charge in [0.2, 0.25) is 0 Å². The van der Waals surface area contributed by atoms with Crippen molar-refractivity contribution in [3.05, 3.63) is 29.3 Å². The molecule has 0 bridgehead atoms. The molecule has 2 heterocycles. The largest absolute Gasteiger partial charge is 0.477 e.